The molecule has 2 N–H and O–H groups in total. The molecule has 4 aromatic rings. The molecule has 0 bridgehead atoms. The second-order valence-electron chi connectivity index (χ2n) is 5.09. The molecule has 4 rings (SSSR count). The summed E-state index contributed by atoms with van der Waals surface area (Å²) in [4.78, 5) is 22.8. The summed E-state index contributed by atoms with van der Waals surface area (Å²) in [5.74, 6) is 1.04. The van der Waals surface area contributed by atoms with Gasteiger partial charge >= 0.3 is 0 Å². The molecule has 0 aliphatic heterocycles. The Kier molecular flexibility index (Phi) is 3.51. The zero-order valence-corrected chi connectivity index (χ0v) is 13.0. The molecule has 2 aromatic carbocycles. The third-order valence-corrected chi connectivity index (χ3v) is 3.82. The second-order valence-corrected chi connectivity index (χ2v) is 5.53. The molecule has 0 unspecified atom stereocenters. The van der Waals surface area contributed by atoms with E-state index in [0.717, 1.165) is 11.1 Å². The number of carbonyl (C=O) groups is 1. The maximum Gasteiger partial charge on any atom is 0.226 e. The van der Waals surface area contributed by atoms with E-state index in [4.69, 9.17) is 16.0 Å². The van der Waals surface area contributed by atoms with E-state index in [1.54, 1.807) is 18.2 Å². The Labute approximate surface area is 141 Å². The number of aromatic nitrogens is 3. The monoisotopic (exact) mass is 338 g/mol. The molecular formula is C17H11ClN4O2. The number of benzene rings is 2. The summed E-state index contributed by atoms with van der Waals surface area (Å²) in [5, 5.41) is 3.28. The summed E-state index contributed by atoms with van der Waals surface area (Å²) in [6.07, 6.45) is 2.16. The number of H-pyrrole nitrogens is 1. The molecule has 0 atom stereocenters. The fourth-order valence-electron chi connectivity index (χ4n) is 2.44. The Morgan fingerprint density at radius 3 is 2.75 bits per heavy atom. The number of fused-ring (bicyclic) bond motifs is 1. The molecule has 7 heteroatoms. The van der Waals surface area contributed by atoms with E-state index in [9.17, 15) is 4.79 Å². The molecule has 2 heterocycles. The molecule has 118 valence electrons. The first-order valence-corrected chi connectivity index (χ1v) is 7.53. The van der Waals surface area contributed by atoms with Gasteiger partial charge < -0.3 is 14.7 Å². The minimum atomic E-state index is 0.480. The highest BCUT2D eigenvalue weighted by molar-refractivity contribution is 6.30. The van der Waals surface area contributed by atoms with Crippen LogP contribution in [-0.4, -0.2) is 21.4 Å². The van der Waals surface area contributed by atoms with Gasteiger partial charge in [-0.1, -0.05) is 17.7 Å². The quantitative estimate of drug-likeness (QED) is 0.548. The largest absolute Gasteiger partial charge is 0.444 e. The van der Waals surface area contributed by atoms with Gasteiger partial charge in [0.15, 0.2) is 5.82 Å². The zero-order chi connectivity index (χ0) is 16.5. The molecule has 1 amide bonds. The number of aromatic amines is 1. The van der Waals surface area contributed by atoms with E-state index in [2.05, 4.69) is 20.3 Å². The highest BCUT2D eigenvalue weighted by Gasteiger charge is 2.13. The van der Waals surface area contributed by atoms with Gasteiger partial charge in [0, 0.05) is 10.6 Å². The molecule has 2 aromatic heterocycles. The number of imidazole rings is 1. The third kappa shape index (κ3) is 2.53. The molecule has 0 saturated heterocycles. The fraction of sp³-hybridized carbons (Fsp3) is 0. The lowest BCUT2D eigenvalue weighted by Gasteiger charge is -1.97. The Morgan fingerprint density at radius 2 is 1.96 bits per heavy atom. The fourth-order valence-corrected chi connectivity index (χ4v) is 2.57. The molecule has 0 spiro atoms. The van der Waals surface area contributed by atoms with Gasteiger partial charge in [-0.25, -0.2) is 9.97 Å². The molecule has 0 fully saturated rings. The number of oxazole rings is 1. The lowest BCUT2D eigenvalue weighted by atomic mass is 10.2. The lowest BCUT2D eigenvalue weighted by molar-refractivity contribution is -0.105. The van der Waals surface area contributed by atoms with Crippen molar-refractivity contribution in [2.24, 2.45) is 0 Å². The number of nitrogens with zero attached hydrogens (tertiary/aromatic N) is 2. The highest BCUT2D eigenvalue weighted by atomic mass is 35.5. The normalized spacial score (nSPS) is 10.9. The number of para-hydroxylation sites is 1. The number of nitrogens with one attached hydrogen (secondary N) is 2. The minimum Gasteiger partial charge on any atom is -0.444 e. The SMILES string of the molecule is O=CNc1cccc2[nH]c(-c3coc(-c4ccc(Cl)cc4)n3)nc12. The third-order valence-electron chi connectivity index (χ3n) is 3.57. The average Bonchev–Trinajstić information content (AvgIpc) is 3.23. The van der Waals surface area contributed by atoms with Gasteiger partial charge in [-0.15, -0.1) is 0 Å². The van der Waals surface area contributed by atoms with Crippen molar-refractivity contribution in [3.63, 3.8) is 0 Å². The highest BCUT2D eigenvalue weighted by Crippen LogP contribution is 2.27. The van der Waals surface area contributed by atoms with Gasteiger partial charge in [0.2, 0.25) is 12.3 Å². The van der Waals surface area contributed by atoms with Crippen LogP contribution in [0, 0.1) is 0 Å². The van der Waals surface area contributed by atoms with Gasteiger partial charge in [-0.3, -0.25) is 4.79 Å². The molecule has 24 heavy (non-hydrogen) atoms. The number of anilines is 1. The number of carbonyl (C=O) groups excluding carboxylic acids is 1. The molecular weight excluding hydrogens is 328 g/mol. The van der Waals surface area contributed by atoms with Gasteiger partial charge in [0.1, 0.15) is 17.5 Å². The van der Waals surface area contributed by atoms with Crippen molar-refractivity contribution < 1.29 is 9.21 Å². The van der Waals surface area contributed by atoms with Crippen LogP contribution in [0.1, 0.15) is 0 Å². The second kappa shape index (κ2) is 5.82. The molecule has 0 aliphatic rings. The number of hydrogen-bond donors (Lipinski definition) is 2. The summed E-state index contributed by atoms with van der Waals surface area (Å²) >= 11 is 5.89. The van der Waals surface area contributed by atoms with Crippen LogP contribution in [0.3, 0.4) is 0 Å². The minimum absolute atomic E-state index is 0.480. The molecule has 0 saturated carbocycles. The summed E-state index contributed by atoms with van der Waals surface area (Å²) in [5.41, 5.74) is 3.49. The summed E-state index contributed by atoms with van der Waals surface area (Å²) in [7, 11) is 0. The van der Waals surface area contributed by atoms with Crippen LogP contribution < -0.4 is 5.32 Å². The van der Waals surface area contributed by atoms with E-state index in [1.807, 2.05) is 24.3 Å². The summed E-state index contributed by atoms with van der Waals surface area (Å²) in [6, 6.07) is 12.7. The van der Waals surface area contributed by atoms with E-state index < -0.39 is 0 Å². The Hall–Kier alpha value is -3.12. The van der Waals surface area contributed by atoms with Crippen LogP contribution in [0.2, 0.25) is 5.02 Å². The maximum atomic E-state index is 10.7. The zero-order valence-electron chi connectivity index (χ0n) is 12.3. The van der Waals surface area contributed by atoms with Crippen molar-refractivity contribution in [2.45, 2.75) is 0 Å². The van der Waals surface area contributed by atoms with E-state index >= 15 is 0 Å². The predicted molar refractivity (Wildman–Crippen MR) is 91.7 cm³/mol. The molecule has 0 aliphatic carbocycles. The first-order chi connectivity index (χ1) is 11.7. The van der Waals surface area contributed by atoms with Gasteiger partial charge in [0.25, 0.3) is 0 Å². The number of halogens is 1. The first kappa shape index (κ1) is 14.5. The van der Waals surface area contributed by atoms with Crippen molar-refractivity contribution in [1.29, 1.82) is 0 Å². The van der Waals surface area contributed by atoms with Gasteiger partial charge in [-0.05, 0) is 36.4 Å². The predicted octanol–water partition coefficient (Wildman–Crippen LogP) is 4.11. The summed E-state index contributed by atoms with van der Waals surface area (Å²) < 4.78 is 5.53. The first-order valence-electron chi connectivity index (χ1n) is 7.15. The smallest absolute Gasteiger partial charge is 0.226 e. The number of hydrogen-bond acceptors (Lipinski definition) is 4. The molecule has 0 radical (unpaired) electrons. The van der Waals surface area contributed by atoms with Crippen molar-refractivity contribution in [1.82, 2.24) is 15.0 Å². The topological polar surface area (TPSA) is 83.8 Å². The van der Waals surface area contributed by atoms with Crippen LogP contribution in [0.4, 0.5) is 5.69 Å². The van der Waals surface area contributed by atoms with Crippen LogP contribution in [0.25, 0.3) is 34.0 Å². The lowest BCUT2D eigenvalue weighted by Crippen LogP contribution is -1.94. The maximum absolute atomic E-state index is 10.7. The number of rotatable bonds is 4. The average molecular weight is 339 g/mol. The Balaban J connectivity index is 1.74. The van der Waals surface area contributed by atoms with Crippen LogP contribution in [0.5, 0.6) is 0 Å². The van der Waals surface area contributed by atoms with Crippen molar-refractivity contribution in [3.05, 3.63) is 53.8 Å². The van der Waals surface area contributed by atoms with E-state index in [-0.39, 0.29) is 0 Å². The van der Waals surface area contributed by atoms with Gasteiger partial charge in [-0.2, -0.15) is 0 Å². The number of amides is 1. The van der Waals surface area contributed by atoms with E-state index in [0.29, 0.717) is 40.0 Å². The van der Waals surface area contributed by atoms with Crippen molar-refractivity contribution in [3.8, 4) is 23.0 Å². The van der Waals surface area contributed by atoms with Crippen LogP contribution >= 0.6 is 11.6 Å². The van der Waals surface area contributed by atoms with Crippen LogP contribution in [0.15, 0.2) is 53.1 Å². The van der Waals surface area contributed by atoms with Gasteiger partial charge in [0.05, 0.1) is 11.2 Å². The van der Waals surface area contributed by atoms with Crippen LogP contribution in [-0.2, 0) is 4.79 Å². The Morgan fingerprint density at radius 1 is 1.12 bits per heavy atom. The summed E-state index contributed by atoms with van der Waals surface area (Å²) in [6.45, 7) is 0. The Bertz CT molecular complexity index is 1020. The van der Waals surface area contributed by atoms with Crippen molar-refractivity contribution in [2.75, 3.05) is 5.32 Å². The molecule has 6 nitrogen and oxygen atoms in total. The standard InChI is InChI=1S/C17H11ClN4O2/c18-11-6-4-10(5-7-11)17-21-14(8-24-17)16-20-13-3-1-2-12(19-9-23)15(13)22-16/h1-9H,(H,19,23)(H,20,22). The van der Waals surface area contributed by atoms with E-state index in [1.165, 1.54) is 6.26 Å². The van der Waals surface area contributed by atoms with Crippen molar-refractivity contribution >= 4 is 34.7 Å².